The summed E-state index contributed by atoms with van der Waals surface area (Å²) in [4.78, 5) is 0. The van der Waals surface area contributed by atoms with Crippen LogP contribution in [0.15, 0.2) is 0 Å². The van der Waals surface area contributed by atoms with Crippen LogP contribution in [0.3, 0.4) is 0 Å². The summed E-state index contributed by atoms with van der Waals surface area (Å²) < 4.78 is 46.8. The van der Waals surface area contributed by atoms with Crippen molar-refractivity contribution in [1.29, 1.82) is 5.26 Å². The number of nitriles is 1. The van der Waals surface area contributed by atoms with Crippen LogP contribution < -0.4 is 0 Å². The van der Waals surface area contributed by atoms with Gasteiger partial charge < -0.3 is 0 Å². The molecule has 100 valence electrons. The van der Waals surface area contributed by atoms with Crippen LogP contribution >= 0.6 is 0 Å². The lowest BCUT2D eigenvalue weighted by Gasteiger charge is -2.24. The van der Waals surface area contributed by atoms with Crippen molar-refractivity contribution in [3.05, 3.63) is 0 Å². The Morgan fingerprint density at radius 3 is 2.06 bits per heavy atom. The van der Waals surface area contributed by atoms with Crippen molar-refractivity contribution in [2.24, 2.45) is 0 Å². The van der Waals surface area contributed by atoms with Crippen molar-refractivity contribution in [2.75, 3.05) is 24.3 Å². The van der Waals surface area contributed by atoms with Gasteiger partial charge in [0.15, 0.2) is 0 Å². The van der Waals surface area contributed by atoms with Gasteiger partial charge in [0.05, 0.1) is 17.6 Å². The van der Waals surface area contributed by atoms with E-state index >= 15 is 0 Å². The minimum atomic E-state index is -3.62. The van der Waals surface area contributed by atoms with E-state index in [0.29, 0.717) is 0 Å². The Morgan fingerprint density at radius 2 is 1.71 bits per heavy atom. The smallest absolute Gasteiger partial charge is 0.215 e. The first-order valence-corrected chi connectivity index (χ1v) is 8.81. The molecule has 0 heterocycles. The average molecular weight is 282 g/mol. The van der Waals surface area contributed by atoms with Crippen molar-refractivity contribution in [1.82, 2.24) is 4.31 Å². The summed E-state index contributed by atoms with van der Waals surface area (Å²) >= 11 is 0. The molecule has 0 aromatic rings. The van der Waals surface area contributed by atoms with Crippen LogP contribution in [0.1, 0.15) is 20.3 Å². The Bertz CT molecular complexity index is 474. The number of rotatable bonds is 7. The lowest BCUT2D eigenvalue weighted by atomic mass is 10.3. The largest absolute Gasteiger partial charge is 0.229 e. The topological polar surface area (TPSA) is 95.3 Å². The summed E-state index contributed by atoms with van der Waals surface area (Å²) in [6.07, 6.45) is 1.09. The van der Waals surface area contributed by atoms with Crippen molar-refractivity contribution >= 4 is 19.9 Å². The van der Waals surface area contributed by atoms with Gasteiger partial charge in [0.1, 0.15) is 9.84 Å². The first kappa shape index (κ1) is 16.4. The fourth-order valence-electron chi connectivity index (χ4n) is 1.25. The second-order valence-electron chi connectivity index (χ2n) is 4.06. The highest BCUT2D eigenvalue weighted by Crippen LogP contribution is 2.09. The quantitative estimate of drug-likeness (QED) is 0.654. The summed E-state index contributed by atoms with van der Waals surface area (Å²) in [5.41, 5.74) is 0. The molecule has 0 saturated carbocycles. The molecule has 0 aliphatic rings. The maximum absolute atomic E-state index is 11.9. The predicted molar refractivity (Wildman–Crippen MR) is 65.6 cm³/mol. The molecule has 0 atom stereocenters. The second-order valence-corrected chi connectivity index (χ2v) is 8.36. The van der Waals surface area contributed by atoms with E-state index in [0.717, 1.165) is 6.26 Å². The van der Waals surface area contributed by atoms with E-state index in [1.54, 1.807) is 13.8 Å². The third kappa shape index (κ3) is 6.61. The molecule has 0 aliphatic carbocycles. The molecule has 0 spiro atoms. The van der Waals surface area contributed by atoms with Gasteiger partial charge in [0, 0.05) is 25.3 Å². The number of nitrogens with zero attached hydrogens (tertiary/aromatic N) is 2. The SMILES string of the molecule is CC(C)N(CCC#N)S(=O)(=O)CCS(C)(=O)=O. The van der Waals surface area contributed by atoms with Crippen LogP contribution in [0.5, 0.6) is 0 Å². The van der Waals surface area contributed by atoms with Crippen LogP contribution in [0, 0.1) is 11.3 Å². The monoisotopic (exact) mass is 282 g/mol. The standard InChI is InChI=1S/C9H18N2O4S2/c1-9(2)11(6-4-5-10)17(14,15)8-7-16(3,12)13/h9H,4,6-8H2,1-3H3. The van der Waals surface area contributed by atoms with Gasteiger partial charge in [0.2, 0.25) is 10.0 Å². The third-order valence-electron chi connectivity index (χ3n) is 2.09. The van der Waals surface area contributed by atoms with E-state index in [-0.39, 0.29) is 19.0 Å². The summed E-state index contributed by atoms with van der Waals surface area (Å²) in [5, 5.41) is 8.45. The first-order chi connectivity index (χ1) is 7.60. The average Bonchev–Trinajstić information content (AvgIpc) is 2.14. The van der Waals surface area contributed by atoms with Gasteiger partial charge in [-0.15, -0.1) is 0 Å². The molecular formula is C9H18N2O4S2. The molecule has 0 saturated heterocycles. The van der Waals surface area contributed by atoms with Gasteiger partial charge in [-0.3, -0.25) is 0 Å². The van der Waals surface area contributed by atoms with Gasteiger partial charge in [-0.2, -0.15) is 9.57 Å². The zero-order chi connectivity index (χ0) is 13.7. The molecular weight excluding hydrogens is 264 g/mol. The molecule has 0 rings (SSSR count). The van der Waals surface area contributed by atoms with E-state index in [9.17, 15) is 16.8 Å². The molecule has 8 heteroatoms. The number of hydrogen-bond donors (Lipinski definition) is 0. The molecule has 17 heavy (non-hydrogen) atoms. The van der Waals surface area contributed by atoms with Crippen LogP contribution in [0.25, 0.3) is 0 Å². The van der Waals surface area contributed by atoms with E-state index in [1.807, 2.05) is 6.07 Å². The van der Waals surface area contributed by atoms with Crippen molar-refractivity contribution in [3.8, 4) is 6.07 Å². The molecule has 0 aromatic heterocycles. The van der Waals surface area contributed by atoms with Crippen LogP contribution in [0.2, 0.25) is 0 Å². The van der Waals surface area contributed by atoms with Crippen LogP contribution in [-0.4, -0.2) is 51.5 Å². The van der Waals surface area contributed by atoms with E-state index in [2.05, 4.69) is 0 Å². The highest BCUT2D eigenvalue weighted by molar-refractivity contribution is 7.93. The van der Waals surface area contributed by atoms with Crippen LogP contribution in [-0.2, 0) is 19.9 Å². The maximum atomic E-state index is 11.9. The second kappa shape index (κ2) is 6.33. The van der Waals surface area contributed by atoms with Gasteiger partial charge in [0.25, 0.3) is 0 Å². The lowest BCUT2D eigenvalue weighted by Crippen LogP contribution is -2.40. The Kier molecular flexibility index (Phi) is 6.09. The molecule has 6 nitrogen and oxygen atoms in total. The molecule has 0 unspecified atom stereocenters. The molecule has 0 N–H and O–H groups in total. The van der Waals surface area contributed by atoms with Gasteiger partial charge in [-0.1, -0.05) is 0 Å². The molecule has 0 aromatic carbocycles. The highest BCUT2D eigenvalue weighted by atomic mass is 32.2. The normalized spacial score (nSPS) is 12.9. The lowest BCUT2D eigenvalue weighted by molar-refractivity contribution is 0.361. The Balaban J connectivity index is 4.80. The van der Waals surface area contributed by atoms with E-state index in [4.69, 9.17) is 5.26 Å². The fourth-order valence-corrected chi connectivity index (χ4v) is 4.55. The molecule has 0 aliphatic heterocycles. The number of hydrogen-bond acceptors (Lipinski definition) is 5. The van der Waals surface area contributed by atoms with Crippen LogP contribution in [0.4, 0.5) is 0 Å². The Labute approximate surface area is 103 Å². The van der Waals surface area contributed by atoms with Crippen molar-refractivity contribution in [2.45, 2.75) is 26.3 Å². The van der Waals surface area contributed by atoms with Crippen molar-refractivity contribution < 1.29 is 16.8 Å². The summed E-state index contributed by atoms with van der Waals surface area (Å²) in [6, 6.07) is 1.59. The van der Waals surface area contributed by atoms with Gasteiger partial charge in [-0.05, 0) is 13.8 Å². The van der Waals surface area contributed by atoms with Crippen molar-refractivity contribution in [3.63, 3.8) is 0 Å². The molecule has 0 radical (unpaired) electrons. The molecule has 0 amide bonds. The Morgan fingerprint density at radius 1 is 1.18 bits per heavy atom. The fraction of sp³-hybridized carbons (Fsp3) is 0.889. The summed E-state index contributed by atoms with van der Waals surface area (Å²) in [5.74, 6) is -0.833. The summed E-state index contributed by atoms with van der Waals surface area (Å²) in [7, 11) is -6.93. The molecule has 0 fully saturated rings. The minimum Gasteiger partial charge on any atom is -0.229 e. The summed E-state index contributed by atoms with van der Waals surface area (Å²) in [6.45, 7) is 3.48. The first-order valence-electron chi connectivity index (χ1n) is 5.14. The molecule has 0 bridgehead atoms. The third-order valence-corrected chi connectivity index (χ3v) is 5.33. The highest BCUT2D eigenvalue weighted by Gasteiger charge is 2.25. The predicted octanol–water partition coefficient (Wildman–Crippen LogP) is -0.0151. The Hall–Kier alpha value is -0.650. The zero-order valence-corrected chi connectivity index (χ0v) is 11.9. The van der Waals surface area contributed by atoms with E-state index < -0.39 is 31.4 Å². The van der Waals surface area contributed by atoms with Gasteiger partial charge in [-0.25, -0.2) is 16.8 Å². The number of sulfonamides is 1. The number of sulfone groups is 1. The maximum Gasteiger partial charge on any atom is 0.215 e. The van der Waals surface area contributed by atoms with Gasteiger partial charge >= 0.3 is 0 Å². The van der Waals surface area contributed by atoms with E-state index in [1.165, 1.54) is 4.31 Å². The minimum absolute atomic E-state index is 0.0935. The zero-order valence-electron chi connectivity index (χ0n) is 10.2.